The van der Waals surface area contributed by atoms with Crippen LogP contribution in [-0.4, -0.2) is 33.1 Å². The topological polar surface area (TPSA) is 95.1 Å². The van der Waals surface area contributed by atoms with Crippen molar-refractivity contribution >= 4 is 27.5 Å². The van der Waals surface area contributed by atoms with E-state index in [-0.39, 0.29) is 24.5 Å². The summed E-state index contributed by atoms with van der Waals surface area (Å²) >= 11 is 1.50. The molecule has 1 saturated carbocycles. The maximum atomic E-state index is 12.2. The minimum Gasteiger partial charge on any atom is -0.394 e. The summed E-state index contributed by atoms with van der Waals surface area (Å²) in [7, 11) is 0. The molecule has 0 saturated heterocycles. The molecular formula is C17H23N3O3S. The van der Waals surface area contributed by atoms with E-state index in [1.165, 1.54) is 11.3 Å². The van der Waals surface area contributed by atoms with Crippen LogP contribution in [0.3, 0.4) is 0 Å². The summed E-state index contributed by atoms with van der Waals surface area (Å²) in [5.41, 5.74) is 0.288. The highest BCUT2D eigenvalue weighted by molar-refractivity contribution is 7.18. The highest BCUT2D eigenvalue weighted by Gasteiger charge is 2.41. The van der Waals surface area contributed by atoms with E-state index in [0.29, 0.717) is 23.5 Å². The van der Waals surface area contributed by atoms with Gasteiger partial charge in [-0.15, -0.1) is 11.3 Å². The average molecular weight is 349 g/mol. The van der Waals surface area contributed by atoms with Gasteiger partial charge in [0.25, 0.3) is 5.56 Å². The van der Waals surface area contributed by atoms with Crippen molar-refractivity contribution in [3.63, 3.8) is 0 Å². The van der Waals surface area contributed by atoms with Crippen molar-refractivity contribution in [2.24, 2.45) is 5.92 Å². The lowest BCUT2D eigenvalue weighted by Gasteiger charge is -2.28. The van der Waals surface area contributed by atoms with Crippen LogP contribution in [0.5, 0.6) is 0 Å². The highest BCUT2D eigenvalue weighted by Crippen LogP contribution is 2.39. The van der Waals surface area contributed by atoms with Crippen LogP contribution < -0.4 is 10.9 Å². The Kier molecular flexibility index (Phi) is 4.48. The third-order valence-electron chi connectivity index (χ3n) is 4.91. The monoisotopic (exact) mass is 349 g/mol. The van der Waals surface area contributed by atoms with Crippen LogP contribution in [0.2, 0.25) is 0 Å². The Hall–Kier alpha value is -1.73. The van der Waals surface area contributed by atoms with E-state index in [4.69, 9.17) is 0 Å². The number of aliphatic hydroxyl groups is 1. The molecule has 7 heteroatoms. The summed E-state index contributed by atoms with van der Waals surface area (Å²) < 4.78 is 0. The molecule has 2 heterocycles. The van der Waals surface area contributed by atoms with Gasteiger partial charge in [0.2, 0.25) is 5.91 Å². The number of carbonyl (C=O) groups excluding carboxylic acids is 1. The summed E-state index contributed by atoms with van der Waals surface area (Å²) in [4.78, 5) is 33.5. The molecule has 1 fully saturated rings. The van der Waals surface area contributed by atoms with Gasteiger partial charge in [0.1, 0.15) is 10.7 Å². The van der Waals surface area contributed by atoms with Gasteiger partial charge >= 0.3 is 0 Å². The van der Waals surface area contributed by atoms with Gasteiger partial charge in [-0.3, -0.25) is 9.59 Å². The fraction of sp³-hybridized carbons (Fsp3) is 0.588. The summed E-state index contributed by atoms with van der Waals surface area (Å²) in [6.07, 6.45) is 2.69. The summed E-state index contributed by atoms with van der Waals surface area (Å²) in [6.45, 7) is 5.72. The molecule has 0 aromatic carbocycles. The molecule has 6 nitrogen and oxygen atoms in total. The molecule has 1 unspecified atom stereocenters. The van der Waals surface area contributed by atoms with E-state index >= 15 is 0 Å². The van der Waals surface area contributed by atoms with Crippen molar-refractivity contribution in [1.82, 2.24) is 15.3 Å². The van der Waals surface area contributed by atoms with Gasteiger partial charge in [-0.05, 0) is 45.1 Å². The Morgan fingerprint density at radius 2 is 2.17 bits per heavy atom. The molecule has 1 aliphatic rings. The largest absolute Gasteiger partial charge is 0.394 e. The Labute approximate surface area is 144 Å². The maximum Gasteiger partial charge on any atom is 0.259 e. The number of rotatable bonds is 6. The molecule has 2 aromatic heterocycles. The number of amides is 1. The predicted octanol–water partition coefficient (Wildman–Crippen LogP) is 1.81. The van der Waals surface area contributed by atoms with Crippen molar-refractivity contribution in [2.45, 2.75) is 52.0 Å². The number of hydrogen-bond acceptors (Lipinski definition) is 5. The third-order valence-corrected chi connectivity index (χ3v) is 6.01. The van der Waals surface area contributed by atoms with Crippen LogP contribution in [0.1, 0.15) is 42.5 Å². The Bertz CT molecular complexity index is 837. The number of hydrogen-bond donors (Lipinski definition) is 3. The Balaban J connectivity index is 1.69. The third kappa shape index (κ3) is 3.23. The van der Waals surface area contributed by atoms with Crippen molar-refractivity contribution in [3.8, 4) is 0 Å². The highest BCUT2D eigenvalue weighted by atomic mass is 32.1. The number of aryl methyl sites for hydroxylation is 3. The van der Waals surface area contributed by atoms with E-state index in [2.05, 4.69) is 15.3 Å². The molecule has 0 aliphatic heterocycles. The lowest BCUT2D eigenvalue weighted by atomic mass is 9.96. The predicted molar refractivity (Wildman–Crippen MR) is 94.4 cm³/mol. The number of H-pyrrole nitrogens is 1. The van der Waals surface area contributed by atoms with Crippen LogP contribution in [-0.2, 0) is 11.2 Å². The average Bonchev–Trinajstić information content (AvgIpc) is 3.33. The first-order valence-electron chi connectivity index (χ1n) is 8.25. The number of nitrogens with zero attached hydrogens (tertiary/aromatic N) is 1. The second-order valence-electron chi connectivity index (χ2n) is 6.87. The smallest absolute Gasteiger partial charge is 0.259 e. The fourth-order valence-electron chi connectivity index (χ4n) is 3.02. The zero-order valence-corrected chi connectivity index (χ0v) is 15.0. The standard InChI is InChI=1S/C17H23N3O3S/c1-9-10(2)24-16-14(9)15(23)18-12(19-16)6-7-13(22)20-17(3,8-21)11-4-5-11/h11,21H,4-8H2,1-3H3,(H,20,22)(H,18,19,23). The normalized spacial score (nSPS) is 17.0. The van der Waals surface area contributed by atoms with E-state index in [9.17, 15) is 14.7 Å². The SMILES string of the molecule is Cc1sc2nc(CCC(=O)NC(C)(CO)C3CC3)[nH]c(=O)c2c1C. The number of fused-ring (bicyclic) bond motifs is 1. The molecular weight excluding hydrogens is 326 g/mol. The maximum absolute atomic E-state index is 12.2. The molecule has 2 aromatic rings. The summed E-state index contributed by atoms with van der Waals surface area (Å²) in [6, 6.07) is 0. The first kappa shape index (κ1) is 17.1. The number of aromatic amines is 1. The molecule has 24 heavy (non-hydrogen) atoms. The van der Waals surface area contributed by atoms with Crippen molar-refractivity contribution in [1.29, 1.82) is 0 Å². The molecule has 1 amide bonds. The number of carbonyl (C=O) groups is 1. The summed E-state index contributed by atoms with van der Waals surface area (Å²) in [5, 5.41) is 13.1. The van der Waals surface area contributed by atoms with Crippen molar-refractivity contribution in [3.05, 3.63) is 26.6 Å². The van der Waals surface area contributed by atoms with Gasteiger partial charge in [-0.1, -0.05) is 0 Å². The molecule has 130 valence electrons. The number of nitrogens with one attached hydrogen (secondary N) is 2. The lowest BCUT2D eigenvalue weighted by molar-refractivity contribution is -0.123. The Morgan fingerprint density at radius 3 is 2.79 bits per heavy atom. The van der Waals surface area contributed by atoms with Gasteiger partial charge < -0.3 is 15.4 Å². The number of aromatic nitrogens is 2. The van der Waals surface area contributed by atoms with Crippen LogP contribution in [0.15, 0.2) is 4.79 Å². The van der Waals surface area contributed by atoms with E-state index in [1.807, 2.05) is 20.8 Å². The van der Waals surface area contributed by atoms with Crippen LogP contribution in [0.4, 0.5) is 0 Å². The van der Waals surface area contributed by atoms with Crippen molar-refractivity contribution < 1.29 is 9.90 Å². The molecule has 0 bridgehead atoms. The van der Waals surface area contributed by atoms with Crippen LogP contribution in [0, 0.1) is 19.8 Å². The molecule has 3 rings (SSSR count). The molecule has 0 radical (unpaired) electrons. The van der Waals surface area contributed by atoms with Gasteiger partial charge in [0.15, 0.2) is 0 Å². The zero-order valence-electron chi connectivity index (χ0n) is 14.2. The van der Waals surface area contributed by atoms with Crippen LogP contribution in [0.25, 0.3) is 10.2 Å². The Morgan fingerprint density at radius 1 is 1.46 bits per heavy atom. The fourth-order valence-corrected chi connectivity index (χ4v) is 4.07. The van der Waals surface area contributed by atoms with Gasteiger partial charge in [-0.2, -0.15) is 0 Å². The summed E-state index contributed by atoms with van der Waals surface area (Å²) in [5.74, 6) is 0.763. The minimum atomic E-state index is -0.538. The molecule has 1 aliphatic carbocycles. The number of aliphatic hydroxyl groups excluding tert-OH is 1. The van der Waals surface area contributed by atoms with Crippen LogP contribution >= 0.6 is 11.3 Å². The quantitative estimate of drug-likeness (QED) is 0.741. The van der Waals surface area contributed by atoms with E-state index in [1.54, 1.807) is 0 Å². The number of thiophene rings is 1. The van der Waals surface area contributed by atoms with Gasteiger partial charge in [0.05, 0.1) is 17.5 Å². The van der Waals surface area contributed by atoms with Crippen molar-refractivity contribution in [2.75, 3.05) is 6.61 Å². The van der Waals surface area contributed by atoms with E-state index in [0.717, 1.165) is 28.1 Å². The minimum absolute atomic E-state index is 0.0573. The zero-order chi connectivity index (χ0) is 17.5. The second kappa shape index (κ2) is 6.29. The second-order valence-corrected chi connectivity index (χ2v) is 8.08. The first-order valence-corrected chi connectivity index (χ1v) is 9.06. The van der Waals surface area contributed by atoms with Gasteiger partial charge in [0, 0.05) is 17.7 Å². The lowest BCUT2D eigenvalue weighted by Crippen LogP contribution is -2.50. The van der Waals surface area contributed by atoms with E-state index < -0.39 is 5.54 Å². The first-order chi connectivity index (χ1) is 11.3. The molecule has 0 spiro atoms. The molecule has 3 N–H and O–H groups in total. The van der Waals surface area contributed by atoms with Gasteiger partial charge in [-0.25, -0.2) is 4.98 Å². The molecule has 1 atom stereocenters.